The first-order valence-electron chi connectivity index (χ1n) is 22.2. The molecule has 17 heteroatoms. The Morgan fingerprint density at radius 3 is 1.91 bits per heavy atom. The summed E-state index contributed by atoms with van der Waals surface area (Å²) in [5, 5.41) is 19.5. The van der Waals surface area contributed by atoms with Crippen molar-refractivity contribution in [3.63, 3.8) is 0 Å². The van der Waals surface area contributed by atoms with Crippen LogP contribution in [0.2, 0.25) is 0 Å². The maximum atomic E-state index is 14.3. The van der Waals surface area contributed by atoms with Crippen LogP contribution in [0.4, 0.5) is 0 Å². The number of nitrogens with one attached hydrogen (secondary N) is 4. The number of nitrogens with two attached hydrogens (primary N) is 3. The van der Waals surface area contributed by atoms with Crippen LogP contribution in [0.15, 0.2) is 84.9 Å². The number of aliphatic carboxylic acids is 1. The average molecular weight is 909 g/mol. The van der Waals surface area contributed by atoms with E-state index in [4.69, 9.17) is 26.7 Å². The minimum absolute atomic E-state index is 0.0661. The Hall–Kier alpha value is -6.82. The van der Waals surface area contributed by atoms with Crippen LogP contribution in [0, 0.1) is 0 Å². The van der Waals surface area contributed by atoms with Gasteiger partial charge in [-0.1, -0.05) is 68.8 Å². The van der Waals surface area contributed by atoms with Gasteiger partial charge in [-0.25, -0.2) is 0 Å². The van der Waals surface area contributed by atoms with Gasteiger partial charge < -0.3 is 57.9 Å². The number of carboxylic acid groups (broad SMARTS) is 1. The molecule has 0 radical (unpaired) electrons. The second kappa shape index (κ2) is 26.2. The number of hydrogen-bond acceptors (Lipinski definition) is 11. The zero-order valence-electron chi connectivity index (χ0n) is 38.2. The molecule has 4 aromatic rings. The number of hydrogen-bond donors (Lipinski definition) is 8. The number of amides is 5. The highest BCUT2D eigenvalue weighted by atomic mass is 16.5. The second-order valence-electron chi connectivity index (χ2n) is 15.7. The summed E-state index contributed by atoms with van der Waals surface area (Å²) in [5.74, 6) is -3.90. The molecule has 354 valence electrons. The molecule has 1 aliphatic rings. The van der Waals surface area contributed by atoms with Crippen LogP contribution in [0.25, 0.3) is 22.3 Å². The zero-order chi connectivity index (χ0) is 48.2. The number of ether oxygens (including phenoxy) is 2. The number of fused-ring (bicyclic) bond motifs is 5. The number of benzene rings is 4. The van der Waals surface area contributed by atoms with Crippen molar-refractivity contribution in [1.82, 2.24) is 26.2 Å². The molecule has 5 amide bonds. The summed E-state index contributed by atoms with van der Waals surface area (Å²) < 4.78 is 12.1. The van der Waals surface area contributed by atoms with Crippen molar-refractivity contribution in [2.75, 3.05) is 53.0 Å². The quantitative estimate of drug-likeness (QED) is 0.0716. The van der Waals surface area contributed by atoms with Crippen LogP contribution in [0.3, 0.4) is 0 Å². The Labute approximate surface area is 386 Å². The molecule has 0 aromatic heterocycles. The molecule has 11 N–H and O–H groups in total. The number of carbonyl (C=O) groups excluding carboxylic acids is 5. The number of carbonyl (C=O) groups is 6. The average Bonchev–Trinajstić information content (AvgIpc) is 3.32. The Morgan fingerprint density at radius 1 is 0.742 bits per heavy atom. The van der Waals surface area contributed by atoms with Gasteiger partial charge >= 0.3 is 5.97 Å². The van der Waals surface area contributed by atoms with Gasteiger partial charge in [0.1, 0.15) is 49.4 Å². The second-order valence-corrected chi connectivity index (χ2v) is 15.7. The first kappa shape index (κ1) is 51.8. The van der Waals surface area contributed by atoms with Gasteiger partial charge in [0, 0.05) is 43.2 Å². The van der Waals surface area contributed by atoms with Crippen LogP contribution < -0.4 is 47.9 Å². The van der Waals surface area contributed by atoms with Crippen molar-refractivity contribution in [2.45, 2.75) is 71.0 Å². The lowest BCUT2D eigenvalue weighted by Crippen LogP contribution is -2.55. The van der Waals surface area contributed by atoms with E-state index in [9.17, 15) is 33.9 Å². The highest BCUT2D eigenvalue weighted by Gasteiger charge is 2.33. The smallest absolute Gasteiger partial charge is 0.322 e. The van der Waals surface area contributed by atoms with E-state index in [1.165, 1.54) is 24.4 Å². The van der Waals surface area contributed by atoms with Crippen molar-refractivity contribution in [3.05, 3.63) is 107 Å². The van der Waals surface area contributed by atoms with E-state index in [-0.39, 0.29) is 32.7 Å². The van der Waals surface area contributed by atoms with Crippen LogP contribution in [0.1, 0.15) is 73.1 Å². The monoisotopic (exact) mass is 908 g/mol. The maximum Gasteiger partial charge on any atom is 0.322 e. The van der Waals surface area contributed by atoms with Gasteiger partial charge in [-0.3, -0.25) is 28.8 Å². The highest BCUT2D eigenvalue weighted by molar-refractivity contribution is 5.98. The van der Waals surface area contributed by atoms with E-state index in [1.54, 1.807) is 48.5 Å². The van der Waals surface area contributed by atoms with Gasteiger partial charge in [-0.2, -0.15) is 0 Å². The van der Waals surface area contributed by atoms with E-state index in [1.807, 2.05) is 12.1 Å². The first-order valence-corrected chi connectivity index (χ1v) is 22.2. The lowest BCUT2D eigenvalue weighted by Gasteiger charge is -2.30. The summed E-state index contributed by atoms with van der Waals surface area (Å²) >= 11 is 0. The standard InChI is InChI=1S/C46H55N7O9.C3H9N/c1-4-5-6-29-7-10-31(11-8-29)32-12-14-33(15-13-32)44(58)49-26-40(54)53(3)42-34-16-18-39(62-22-20-48)36(25-34)35-23-30(9-17-38(35)61-21-19-47)24-37(45(59)50-27-41(55)56)52-43(57)28(2)51-46(42)60;1-2-3-4/h7-18,23,25,28,37,42H,4-6,19-22,24,26-27,47-48H2,1-3H3,(H,49,58)(H,50,59)(H,51,60)(H,52,57)(H,55,56);2-4H2,1H3/t28-,37?,42?;/m0./s1. The van der Waals surface area contributed by atoms with Crippen molar-refractivity contribution >= 4 is 35.5 Å². The first-order chi connectivity index (χ1) is 31.7. The van der Waals surface area contributed by atoms with Crippen molar-refractivity contribution < 1.29 is 43.3 Å². The molecular weight excluding hydrogens is 845 g/mol. The normalized spacial score (nSPS) is 15.7. The number of nitrogens with zero attached hydrogens (tertiary/aromatic N) is 1. The van der Waals surface area contributed by atoms with Crippen LogP contribution in [-0.4, -0.2) is 111 Å². The van der Waals surface area contributed by atoms with E-state index >= 15 is 0 Å². The van der Waals surface area contributed by atoms with Crippen LogP contribution in [0.5, 0.6) is 11.5 Å². The van der Waals surface area contributed by atoms with E-state index in [0.29, 0.717) is 39.3 Å². The predicted molar refractivity (Wildman–Crippen MR) is 253 cm³/mol. The largest absolute Gasteiger partial charge is 0.492 e. The molecule has 3 atom stereocenters. The fourth-order valence-corrected chi connectivity index (χ4v) is 6.95. The molecule has 0 fully saturated rings. The van der Waals surface area contributed by atoms with Crippen LogP contribution >= 0.6 is 0 Å². The van der Waals surface area contributed by atoms with Gasteiger partial charge in [-0.15, -0.1) is 0 Å². The van der Waals surface area contributed by atoms with Crippen molar-refractivity contribution in [3.8, 4) is 33.8 Å². The maximum absolute atomic E-state index is 14.3. The fourth-order valence-electron chi connectivity index (χ4n) is 6.95. The molecular formula is C49H64N8O9. The van der Waals surface area contributed by atoms with E-state index in [2.05, 4.69) is 59.4 Å². The number of carboxylic acids is 1. The number of aryl methyl sites for hydroxylation is 1. The number of unbranched alkanes of at least 4 members (excludes halogenated alkanes) is 1. The number of rotatable bonds is 18. The minimum Gasteiger partial charge on any atom is -0.492 e. The summed E-state index contributed by atoms with van der Waals surface area (Å²) in [6.45, 7) is 5.95. The van der Waals surface area contributed by atoms with Gasteiger partial charge in [0.05, 0.1) is 6.54 Å². The Bertz CT molecular complexity index is 2270. The summed E-state index contributed by atoms with van der Waals surface area (Å²) in [4.78, 5) is 80.8. The molecule has 4 bridgehead atoms. The Balaban J connectivity index is 0.00000228. The summed E-state index contributed by atoms with van der Waals surface area (Å²) in [6.07, 6.45) is 4.29. The van der Waals surface area contributed by atoms with Crippen molar-refractivity contribution in [1.29, 1.82) is 0 Å². The number of likely N-dealkylation sites (N-methyl/N-ethyl adjacent to an activating group) is 1. The minimum atomic E-state index is -1.35. The Kier molecular flexibility index (Phi) is 20.6. The fraction of sp³-hybridized carbons (Fsp3) is 0.388. The highest BCUT2D eigenvalue weighted by Crippen LogP contribution is 2.40. The molecule has 2 unspecified atom stereocenters. The molecule has 5 rings (SSSR count). The summed E-state index contributed by atoms with van der Waals surface area (Å²) in [7, 11) is 1.41. The zero-order valence-corrected chi connectivity index (χ0v) is 38.2. The molecule has 17 nitrogen and oxygen atoms in total. The molecule has 0 aliphatic carbocycles. The Morgan fingerprint density at radius 2 is 1.33 bits per heavy atom. The molecule has 0 spiro atoms. The third kappa shape index (κ3) is 14.9. The SMILES string of the molecule is CCCCc1ccc(-c2ccc(C(=O)NCC(=O)N(C)C3C(=O)N[C@@H](C)C(=O)NC(C(=O)NCC(=O)O)Cc4ccc(OCCN)c(c4)-c4cc3ccc4OCCN)cc2)cc1.CCCN. The van der Waals surface area contributed by atoms with Gasteiger partial charge in [0.15, 0.2) is 0 Å². The van der Waals surface area contributed by atoms with E-state index in [0.717, 1.165) is 43.4 Å². The van der Waals surface area contributed by atoms with E-state index < -0.39 is 66.7 Å². The lowest BCUT2D eigenvalue weighted by atomic mass is 9.93. The van der Waals surface area contributed by atoms with Gasteiger partial charge in [0.25, 0.3) is 5.91 Å². The van der Waals surface area contributed by atoms with Crippen LogP contribution in [-0.2, 0) is 36.8 Å². The summed E-state index contributed by atoms with van der Waals surface area (Å²) in [6, 6.07) is 21.6. The molecule has 66 heavy (non-hydrogen) atoms. The summed E-state index contributed by atoms with van der Waals surface area (Å²) in [5.41, 5.74) is 22.0. The van der Waals surface area contributed by atoms with Gasteiger partial charge in [0.2, 0.25) is 23.6 Å². The molecule has 4 aromatic carbocycles. The van der Waals surface area contributed by atoms with Gasteiger partial charge in [-0.05, 0) is 96.9 Å². The molecule has 0 saturated carbocycles. The van der Waals surface area contributed by atoms with Crippen molar-refractivity contribution in [2.24, 2.45) is 17.2 Å². The topological polar surface area (TPSA) is 271 Å². The lowest BCUT2D eigenvalue weighted by molar-refractivity contribution is -0.140. The molecule has 0 saturated heterocycles. The molecule has 1 aliphatic heterocycles. The third-order valence-electron chi connectivity index (χ3n) is 10.6. The third-order valence-corrected chi connectivity index (χ3v) is 10.6. The predicted octanol–water partition coefficient (Wildman–Crippen LogP) is 3.07. The molecule has 1 heterocycles.